The van der Waals surface area contributed by atoms with Crippen LogP contribution in [0.5, 0.6) is 5.75 Å². The molecule has 0 bridgehead atoms. The first kappa shape index (κ1) is 14.9. The summed E-state index contributed by atoms with van der Waals surface area (Å²) in [6, 6.07) is 7.40. The number of carbonyl (C=O) groups is 2. The van der Waals surface area contributed by atoms with Gasteiger partial charge in [0.25, 0.3) is 5.91 Å². The molecular weight excluding hydrogens is 280 g/mol. The van der Waals surface area contributed by atoms with Crippen LogP contribution in [0.1, 0.15) is 25.3 Å². The van der Waals surface area contributed by atoms with Crippen molar-refractivity contribution in [3.05, 3.63) is 29.8 Å². The molecule has 0 spiro atoms. The summed E-state index contributed by atoms with van der Waals surface area (Å²) in [5, 5.41) is 0. The average molecular weight is 302 g/mol. The molecule has 2 atom stereocenters. The molecule has 0 unspecified atom stereocenters. The normalized spacial score (nSPS) is 24.4. The average Bonchev–Trinajstić information content (AvgIpc) is 2.98. The maximum absolute atomic E-state index is 12.4. The van der Waals surface area contributed by atoms with Crippen molar-refractivity contribution in [2.24, 2.45) is 0 Å². The summed E-state index contributed by atoms with van der Waals surface area (Å²) in [4.78, 5) is 28.3. The largest absolute Gasteiger partial charge is 0.484 e. The number of ether oxygens (including phenoxy) is 1. The molecule has 2 amide bonds. The summed E-state index contributed by atoms with van der Waals surface area (Å²) in [5.41, 5.74) is 1.15. The quantitative estimate of drug-likeness (QED) is 0.852. The van der Waals surface area contributed by atoms with Crippen LogP contribution in [0.25, 0.3) is 0 Å². The standard InChI is InChI=1S/C17H22N2O3/c1-12-5-7-15(8-6-12)22-11-16(20)19-10-14-4-3-9-18(14)17(21)13(19)2/h5-8,13-14H,3-4,9-11H2,1-2H3/t13-,14+/m0/s1. The van der Waals surface area contributed by atoms with Gasteiger partial charge in [0.05, 0.1) is 0 Å². The van der Waals surface area contributed by atoms with E-state index in [0.717, 1.165) is 24.9 Å². The zero-order valence-electron chi connectivity index (χ0n) is 13.1. The number of fused-ring (bicyclic) bond motifs is 1. The number of hydrogen-bond donors (Lipinski definition) is 0. The first-order chi connectivity index (χ1) is 10.6. The van der Waals surface area contributed by atoms with E-state index in [1.807, 2.05) is 36.1 Å². The first-order valence-electron chi connectivity index (χ1n) is 7.85. The van der Waals surface area contributed by atoms with E-state index in [9.17, 15) is 9.59 Å². The number of hydrogen-bond acceptors (Lipinski definition) is 3. The lowest BCUT2D eigenvalue weighted by Crippen LogP contribution is -2.60. The van der Waals surface area contributed by atoms with E-state index in [4.69, 9.17) is 4.74 Å². The van der Waals surface area contributed by atoms with E-state index < -0.39 is 0 Å². The molecule has 0 N–H and O–H groups in total. The minimum atomic E-state index is -0.386. The SMILES string of the molecule is Cc1ccc(OCC(=O)N2C[C@H]3CCCN3C(=O)[C@@H]2C)cc1. The predicted octanol–water partition coefficient (Wildman–Crippen LogP) is 1.60. The predicted molar refractivity (Wildman–Crippen MR) is 82.6 cm³/mol. The van der Waals surface area contributed by atoms with Gasteiger partial charge in [-0.1, -0.05) is 17.7 Å². The molecule has 0 aromatic heterocycles. The van der Waals surface area contributed by atoms with Gasteiger partial charge < -0.3 is 14.5 Å². The molecule has 2 fully saturated rings. The van der Waals surface area contributed by atoms with Gasteiger partial charge in [0.1, 0.15) is 11.8 Å². The molecule has 22 heavy (non-hydrogen) atoms. The molecule has 5 nitrogen and oxygen atoms in total. The second-order valence-electron chi connectivity index (χ2n) is 6.15. The summed E-state index contributed by atoms with van der Waals surface area (Å²) < 4.78 is 5.55. The van der Waals surface area contributed by atoms with Gasteiger partial charge in [-0.25, -0.2) is 0 Å². The molecule has 2 heterocycles. The van der Waals surface area contributed by atoms with E-state index >= 15 is 0 Å². The maximum atomic E-state index is 12.4. The number of carbonyl (C=O) groups excluding carboxylic acids is 2. The molecule has 0 radical (unpaired) electrons. The van der Waals surface area contributed by atoms with E-state index in [1.54, 1.807) is 11.8 Å². The number of rotatable bonds is 3. The Morgan fingerprint density at radius 2 is 2.05 bits per heavy atom. The molecule has 3 rings (SSSR count). The van der Waals surface area contributed by atoms with Crippen LogP contribution in [0.3, 0.4) is 0 Å². The fraction of sp³-hybridized carbons (Fsp3) is 0.529. The van der Waals surface area contributed by atoms with Crippen molar-refractivity contribution >= 4 is 11.8 Å². The van der Waals surface area contributed by atoms with Crippen LogP contribution < -0.4 is 4.74 Å². The molecule has 0 aliphatic carbocycles. The van der Waals surface area contributed by atoms with Crippen molar-refractivity contribution in [2.75, 3.05) is 19.7 Å². The van der Waals surface area contributed by atoms with Crippen molar-refractivity contribution in [3.8, 4) is 5.75 Å². The van der Waals surface area contributed by atoms with Crippen molar-refractivity contribution in [3.63, 3.8) is 0 Å². The summed E-state index contributed by atoms with van der Waals surface area (Å²) in [5.74, 6) is 0.628. The number of aryl methyl sites for hydroxylation is 1. The molecule has 2 aliphatic rings. The van der Waals surface area contributed by atoms with Gasteiger partial charge in [-0.15, -0.1) is 0 Å². The molecule has 118 valence electrons. The number of piperazine rings is 1. The third kappa shape index (κ3) is 2.80. The van der Waals surface area contributed by atoms with Gasteiger partial charge in [0, 0.05) is 19.1 Å². The lowest BCUT2D eigenvalue weighted by molar-refractivity contribution is -0.153. The highest BCUT2D eigenvalue weighted by molar-refractivity contribution is 5.89. The van der Waals surface area contributed by atoms with Crippen LogP contribution in [0.4, 0.5) is 0 Å². The minimum Gasteiger partial charge on any atom is -0.484 e. The topological polar surface area (TPSA) is 49.9 Å². The molecule has 1 aromatic carbocycles. The zero-order valence-corrected chi connectivity index (χ0v) is 13.1. The molecule has 5 heteroatoms. The Labute approximate surface area is 130 Å². The maximum Gasteiger partial charge on any atom is 0.261 e. The van der Waals surface area contributed by atoms with E-state index in [2.05, 4.69) is 0 Å². The van der Waals surface area contributed by atoms with Gasteiger partial charge >= 0.3 is 0 Å². The van der Waals surface area contributed by atoms with Crippen LogP contribution >= 0.6 is 0 Å². The van der Waals surface area contributed by atoms with Crippen LogP contribution in [0.15, 0.2) is 24.3 Å². The monoisotopic (exact) mass is 302 g/mol. The Bertz CT molecular complexity index is 570. The first-order valence-corrected chi connectivity index (χ1v) is 7.85. The Morgan fingerprint density at radius 3 is 2.77 bits per heavy atom. The van der Waals surface area contributed by atoms with Crippen LogP contribution in [0.2, 0.25) is 0 Å². The highest BCUT2D eigenvalue weighted by Gasteiger charge is 2.41. The van der Waals surface area contributed by atoms with Gasteiger partial charge in [0.15, 0.2) is 6.61 Å². The molecule has 1 aromatic rings. The number of amides is 2. The summed E-state index contributed by atoms with van der Waals surface area (Å²) >= 11 is 0. The van der Waals surface area contributed by atoms with Crippen molar-refractivity contribution in [1.29, 1.82) is 0 Å². The van der Waals surface area contributed by atoms with Gasteiger partial charge in [0.2, 0.25) is 5.91 Å². The Hall–Kier alpha value is -2.04. The summed E-state index contributed by atoms with van der Waals surface area (Å²) in [7, 11) is 0. The Kier molecular flexibility index (Phi) is 4.05. The second-order valence-corrected chi connectivity index (χ2v) is 6.15. The molecule has 2 saturated heterocycles. The Balaban J connectivity index is 1.61. The molecule has 2 aliphatic heterocycles. The second kappa shape index (κ2) is 5.99. The van der Waals surface area contributed by atoms with Gasteiger partial charge in [-0.05, 0) is 38.8 Å². The van der Waals surface area contributed by atoms with Crippen LogP contribution in [-0.4, -0.2) is 53.4 Å². The Morgan fingerprint density at radius 1 is 1.32 bits per heavy atom. The zero-order chi connectivity index (χ0) is 15.7. The summed E-state index contributed by atoms with van der Waals surface area (Å²) in [6.45, 7) is 5.25. The molecular formula is C17H22N2O3. The molecule has 0 saturated carbocycles. The lowest BCUT2D eigenvalue weighted by Gasteiger charge is -2.41. The van der Waals surface area contributed by atoms with E-state index in [1.165, 1.54) is 0 Å². The summed E-state index contributed by atoms with van der Waals surface area (Å²) in [6.07, 6.45) is 2.02. The third-order valence-electron chi connectivity index (χ3n) is 4.60. The highest BCUT2D eigenvalue weighted by atomic mass is 16.5. The third-order valence-corrected chi connectivity index (χ3v) is 4.60. The fourth-order valence-electron chi connectivity index (χ4n) is 3.25. The number of nitrogens with zero attached hydrogens (tertiary/aromatic N) is 2. The highest BCUT2D eigenvalue weighted by Crippen LogP contribution is 2.25. The van der Waals surface area contributed by atoms with Gasteiger partial charge in [-0.3, -0.25) is 9.59 Å². The van der Waals surface area contributed by atoms with Crippen molar-refractivity contribution < 1.29 is 14.3 Å². The van der Waals surface area contributed by atoms with Gasteiger partial charge in [-0.2, -0.15) is 0 Å². The van der Waals surface area contributed by atoms with E-state index in [-0.39, 0.29) is 30.5 Å². The van der Waals surface area contributed by atoms with Crippen molar-refractivity contribution in [1.82, 2.24) is 9.80 Å². The van der Waals surface area contributed by atoms with Crippen LogP contribution in [-0.2, 0) is 9.59 Å². The smallest absolute Gasteiger partial charge is 0.261 e. The minimum absolute atomic E-state index is 0.0204. The fourth-order valence-corrected chi connectivity index (χ4v) is 3.25. The number of benzene rings is 1. The van der Waals surface area contributed by atoms with E-state index in [0.29, 0.717) is 12.3 Å². The van der Waals surface area contributed by atoms with Crippen molar-refractivity contribution in [2.45, 2.75) is 38.8 Å². The van der Waals surface area contributed by atoms with Crippen LogP contribution in [0, 0.1) is 6.92 Å². The lowest BCUT2D eigenvalue weighted by atomic mass is 10.1.